The summed E-state index contributed by atoms with van der Waals surface area (Å²) >= 11 is 0. The van der Waals surface area contributed by atoms with E-state index in [0.717, 1.165) is 35.5 Å². The summed E-state index contributed by atoms with van der Waals surface area (Å²) < 4.78 is 12.9. The summed E-state index contributed by atoms with van der Waals surface area (Å²) in [5.74, 6) is 2.44. The highest BCUT2D eigenvalue weighted by molar-refractivity contribution is 14.0. The summed E-state index contributed by atoms with van der Waals surface area (Å²) in [6, 6.07) is 11.9. The summed E-state index contributed by atoms with van der Waals surface area (Å²) in [6.07, 6.45) is 6.71. The van der Waals surface area contributed by atoms with Gasteiger partial charge in [0.2, 0.25) is 0 Å². The van der Waals surface area contributed by atoms with E-state index >= 15 is 0 Å². The summed E-state index contributed by atoms with van der Waals surface area (Å²) in [7, 11) is 1.83. The number of aryl methyl sites for hydroxylation is 1. The molecule has 172 valence electrons. The van der Waals surface area contributed by atoms with Crippen LogP contribution in [0, 0.1) is 0 Å². The fourth-order valence-electron chi connectivity index (χ4n) is 3.59. The van der Waals surface area contributed by atoms with E-state index in [1.54, 1.807) is 24.1 Å². The van der Waals surface area contributed by atoms with Crippen LogP contribution in [0.3, 0.4) is 0 Å². The topological polar surface area (TPSA) is 96.8 Å². The molecule has 0 amide bonds. The van der Waals surface area contributed by atoms with Gasteiger partial charge in [-0.05, 0) is 25.1 Å². The zero-order chi connectivity index (χ0) is 21.7. The van der Waals surface area contributed by atoms with Crippen molar-refractivity contribution in [2.45, 2.75) is 31.4 Å². The first-order chi connectivity index (χ1) is 15.0. The van der Waals surface area contributed by atoms with Gasteiger partial charge >= 0.3 is 0 Å². The first-order valence-corrected chi connectivity index (χ1v) is 10.5. The number of guanidine groups is 1. The predicted molar refractivity (Wildman–Crippen MR) is 133 cm³/mol. The fraction of sp³-hybridized carbons (Fsp3) is 0.391. The molecule has 0 saturated carbocycles. The molecule has 3 N–H and O–H groups in total. The first-order valence-electron chi connectivity index (χ1n) is 10.5. The Morgan fingerprint density at radius 1 is 1.31 bits per heavy atom. The maximum absolute atomic E-state index is 10.9. The molecule has 2 aromatic heterocycles. The fourth-order valence-corrected chi connectivity index (χ4v) is 3.59. The summed E-state index contributed by atoms with van der Waals surface area (Å²) in [6.45, 7) is 3.23. The molecule has 2 unspecified atom stereocenters. The van der Waals surface area contributed by atoms with Crippen molar-refractivity contribution in [3.05, 3.63) is 71.9 Å². The van der Waals surface area contributed by atoms with Gasteiger partial charge in [0.05, 0.1) is 31.7 Å². The van der Waals surface area contributed by atoms with E-state index in [4.69, 9.17) is 14.1 Å². The number of benzene rings is 1. The summed E-state index contributed by atoms with van der Waals surface area (Å²) in [5.41, 5.74) is 0.704. The second-order valence-electron chi connectivity index (χ2n) is 7.97. The zero-order valence-electron chi connectivity index (χ0n) is 18.3. The van der Waals surface area contributed by atoms with Crippen LogP contribution in [0.2, 0.25) is 0 Å². The van der Waals surface area contributed by atoms with Crippen LogP contribution in [0.4, 0.5) is 0 Å². The molecule has 0 fully saturated rings. The number of aliphatic imine (C=N–C) groups is 1. The Balaban J connectivity index is 0.00000289. The number of hydrogen-bond acceptors (Lipinski definition) is 5. The number of aliphatic hydroxyl groups is 1. The van der Waals surface area contributed by atoms with Crippen molar-refractivity contribution in [3.8, 4) is 5.75 Å². The van der Waals surface area contributed by atoms with Crippen molar-refractivity contribution in [3.63, 3.8) is 0 Å². The summed E-state index contributed by atoms with van der Waals surface area (Å²) in [4.78, 5) is 4.70. The number of aromatic nitrogens is 2. The van der Waals surface area contributed by atoms with Crippen molar-refractivity contribution in [1.82, 2.24) is 20.4 Å². The number of nitrogens with zero attached hydrogens (tertiary/aromatic N) is 3. The Hall–Kier alpha value is -2.53. The molecule has 0 spiro atoms. The number of fused-ring (bicyclic) bond motifs is 1. The van der Waals surface area contributed by atoms with Crippen LogP contribution < -0.4 is 15.4 Å². The minimum Gasteiger partial charge on any atom is -0.493 e. The number of hydrogen-bond donors (Lipinski definition) is 3. The molecule has 2 atom stereocenters. The number of rotatable bonds is 7. The highest BCUT2D eigenvalue weighted by Crippen LogP contribution is 2.31. The van der Waals surface area contributed by atoms with E-state index in [1.165, 1.54) is 0 Å². The average molecular weight is 551 g/mol. The van der Waals surface area contributed by atoms with Crippen molar-refractivity contribution >= 4 is 29.9 Å². The lowest BCUT2D eigenvalue weighted by Gasteiger charge is -2.28. The third kappa shape index (κ3) is 6.04. The van der Waals surface area contributed by atoms with Crippen molar-refractivity contribution in [2.75, 3.05) is 19.7 Å². The molecule has 0 aliphatic carbocycles. The van der Waals surface area contributed by atoms with Crippen molar-refractivity contribution < 1.29 is 14.3 Å². The van der Waals surface area contributed by atoms with Gasteiger partial charge in [0.15, 0.2) is 5.96 Å². The van der Waals surface area contributed by atoms with Gasteiger partial charge in [-0.25, -0.2) is 4.99 Å². The number of nitrogens with one attached hydrogen (secondary N) is 2. The van der Waals surface area contributed by atoms with E-state index in [1.807, 2.05) is 43.6 Å². The minimum atomic E-state index is -1.13. The predicted octanol–water partition coefficient (Wildman–Crippen LogP) is 3.14. The molecule has 3 heterocycles. The lowest BCUT2D eigenvalue weighted by Crippen LogP contribution is -2.42. The van der Waals surface area contributed by atoms with Crippen LogP contribution in [-0.4, -0.2) is 40.5 Å². The number of ether oxygens (including phenoxy) is 1. The summed E-state index contributed by atoms with van der Waals surface area (Å²) in [5, 5.41) is 22.0. The molecular formula is C23H30IN5O3. The van der Waals surface area contributed by atoms with Gasteiger partial charge in [0, 0.05) is 43.8 Å². The molecule has 1 aliphatic rings. The Bertz CT molecular complexity index is 1020. The van der Waals surface area contributed by atoms with Crippen LogP contribution in [0.15, 0.2) is 64.5 Å². The largest absolute Gasteiger partial charge is 0.493 e. The monoisotopic (exact) mass is 551 g/mol. The number of furan rings is 1. The molecule has 0 bridgehead atoms. The zero-order valence-corrected chi connectivity index (χ0v) is 20.7. The van der Waals surface area contributed by atoms with Gasteiger partial charge in [-0.1, -0.05) is 18.2 Å². The smallest absolute Gasteiger partial charge is 0.191 e. The lowest BCUT2D eigenvalue weighted by atomic mass is 10.00. The van der Waals surface area contributed by atoms with Crippen LogP contribution in [0.5, 0.6) is 5.75 Å². The van der Waals surface area contributed by atoms with E-state index < -0.39 is 5.60 Å². The third-order valence-corrected chi connectivity index (χ3v) is 5.39. The highest BCUT2D eigenvalue weighted by Gasteiger charge is 2.26. The van der Waals surface area contributed by atoms with Gasteiger partial charge in [0.25, 0.3) is 0 Å². The van der Waals surface area contributed by atoms with Gasteiger partial charge in [0.1, 0.15) is 17.1 Å². The molecule has 1 aliphatic heterocycles. The maximum Gasteiger partial charge on any atom is 0.191 e. The van der Waals surface area contributed by atoms with E-state index in [-0.39, 0.29) is 36.6 Å². The third-order valence-electron chi connectivity index (χ3n) is 5.39. The quantitative estimate of drug-likeness (QED) is 0.237. The van der Waals surface area contributed by atoms with Crippen LogP contribution in [0.1, 0.15) is 36.3 Å². The van der Waals surface area contributed by atoms with Crippen molar-refractivity contribution in [2.24, 2.45) is 12.0 Å². The minimum absolute atomic E-state index is 0. The number of para-hydroxylation sites is 1. The van der Waals surface area contributed by atoms with E-state index in [0.29, 0.717) is 19.1 Å². The first kappa shape index (κ1) is 24.1. The van der Waals surface area contributed by atoms with Gasteiger partial charge in [-0.3, -0.25) is 4.68 Å². The van der Waals surface area contributed by atoms with Crippen LogP contribution >= 0.6 is 24.0 Å². The van der Waals surface area contributed by atoms with Crippen LogP contribution in [-0.2, 0) is 19.1 Å². The molecular weight excluding hydrogens is 521 g/mol. The maximum atomic E-state index is 10.9. The SMILES string of the molecule is Cn1cc(C(C)(O)CN=C(NCCc2ccco2)NC2CCOc3ccccc32)cn1.I. The second kappa shape index (κ2) is 10.9. The van der Waals surface area contributed by atoms with Gasteiger partial charge in [-0.2, -0.15) is 5.10 Å². The Labute approximate surface area is 205 Å². The van der Waals surface area contributed by atoms with Gasteiger partial charge < -0.3 is 24.9 Å². The molecule has 4 rings (SSSR count). The Kier molecular flexibility index (Phi) is 8.19. The van der Waals surface area contributed by atoms with Gasteiger partial charge in [-0.15, -0.1) is 24.0 Å². The van der Waals surface area contributed by atoms with E-state index in [2.05, 4.69) is 21.8 Å². The molecule has 9 heteroatoms. The van der Waals surface area contributed by atoms with E-state index in [9.17, 15) is 5.11 Å². The highest BCUT2D eigenvalue weighted by atomic mass is 127. The van der Waals surface area contributed by atoms with Crippen LogP contribution in [0.25, 0.3) is 0 Å². The van der Waals surface area contributed by atoms with Crippen molar-refractivity contribution in [1.29, 1.82) is 0 Å². The number of halogens is 1. The standard InChI is InChI=1S/C23H29N5O3.HI/c1-23(29,17-14-26-28(2)15-17)16-25-22(24-11-9-18-6-5-12-30-18)27-20-10-13-31-21-8-4-3-7-19(20)21;/h3-8,12,14-15,20,29H,9-11,13,16H2,1-2H3,(H2,24,25,27);1H. The molecule has 0 radical (unpaired) electrons. The molecule has 32 heavy (non-hydrogen) atoms. The molecule has 0 saturated heterocycles. The normalized spacial score (nSPS) is 17.5. The molecule has 1 aromatic carbocycles. The lowest BCUT2D eigenvalue weighted by molar-refractivity contribution is 0.0671. The molecule has 8 nitrogen and oxygen atoms in total. The second-order valence-corrected chi connectivity index (χ2v) is 7.97. The average Bonchev–Trinajstić information content (AvgIpc) is 3.44. The Morgan fingerprint density at radius 2 is 2.16 bits per heavy atom. The molecule has 3 aromatic rings. The Morgan fingerprint density at radius 3 is 2.91 bits per heavy atom.